The molecule has 0 radical (unpaired) electrons. The lowest BCUT2D eigenvalue weighted by Crippen LogP contribution is -2.04. The molecule has 5 heteroatoms. The zero-order chi connectivity index (χ0) is 10.5. The Bertz CT molecular complexity index is 357. The van der Waals surface area contributed by atoms with Crippen LogP contribution in [-0.4, -0.2) is 28.5 Å². The van der Waals surface area contributed by atoms with E-state index in [0.29, 0.717) is 12.4 Å². The van der Waals surface area contributed by atoms with Crippen LogP contribution in [0.1, 0.15) is 18.2 Å². The molecule has 1 aromatic rings. The van der Waals surface area contributed by atoms with Crippen LogP contribution in [0.4, 0.5) is 0 Å². The van der Waals surface area contributed by atoms with Gasteiger partial charge in [-0.15, -0.1) is 0 Å². The molecule has 0 unspecified atom stereocenters. The van der Waals surface area contributed by atoms with Gasteiger partial charge in [0.2, 0.25) is 6.39 Å². The molecular weight excluding hydrogens is 196 g/mol. The summed E-state index contributed by atoms with van der Waals surface area (Å²) < 4.78 is 9.94. The minimum absolute atomic E-state index is 0.0272. The quantitative estimate of drug-likeness (QED) is 0.799. The average Bonchev–Trinajstić information content (AvgIpc) is 2.80. The molecule has 0 spiro atoms. The molecule has 1 aliphatic carbocycles. The molecule has 1 aliphatic rings. The fraction of sp³-hybridized carbons (Fsp3) is 0.400. The Hall–Kier alpha value is -1.62. The van der Waals surface area contributed by atoms with Gasteiger partial charge in [0, 0.05) is 5.92 Å². The van der Waals surface area contributed by atoms with E-state index in [1.807, 2.05) is 18.2 Å². The molecule has 0 saturated carbocycles. The molecule has 5 nitrogen and oxygen atoms in total. The number of aromatic nitrogens is 2. The molecule has 15 heavy (non-hydrogen) atoms. The number of aliphatic hydroxyl groups excluding tert-OH is 1. The fourth-order valence-electron chi connectivity index (χ4n) is 1.40. The first-order chi connectivity index (χ1) is 7.40. The van der Waals surface area contributed by atoms with Crippen molar-refractivity contribution in [3.63, 3.8) is 0 Å². The maximum atomic E-state index is 8.59. The van der Waals surface area contributed by atoms with Crippen LogP contribution < -0.4 is 0 Å². The number of aliphatic hydroxyl groups is 1. The summed E-state index contributed by atoms with van der Waals surface area (Å²) in [4.78, 5) is 3.99. The second-order valence-corrected chi connectivity index (χ2v) is 3.17. The van der Waals surface area contributed by atoms with Gasteiger partial charge in [-0.2, -0.15) is 4.98 Å². The van der Waals surface area contributed by atoms with Crippen molar-refractivity contribution in [2.24, 2.45) is 0 Å². The van der Waals surface area contributed by atoms with E-state index in [1.165, 1.54) is 6.39 Å². The highest BCUT2D eigenvalue weighted by atomic mass is 16.5. The number of allylic oxidation sites excluding steroid dienone is 3. The van der Waals surface area contributed by atoms with E-state index in [4.69, 9.17) is 9.84 Å². The Kier molecular flexibility index (Phi) is 3.14. The van der Waals surface area contributed by atoms with Gasteiger partial charge < -0.3 is 14.4 Å². The molecule has 1 N–H and O–H groups in total. The lowest BCUT2D eigenvalue weighted by atomic mass is 9.99. The van der Waals surface area contributed by atoms with Gasteiger partial charge in [-0.1, -0.05) is 11.2 Å². The first kappa shape index (κ1) is 9.92. The highest BCUT2D eigenvalue weighted by Gasteiger charge is 2.15. The van der Waals surface area contributed by atoms with Gasteiger partial charge in [-0.25, -0.2) is 0 Å². The van der Waals surface area contributed by atoms with Crippen molar-refractivity contribution in [3.05, 3.63) is 36.2 Å². The third-order valence-electron chi connectivity index (χ3n) is 2.14. The summed E-state index contributed by atoms with van der Waals surface area (Å²) in [7, 11) is 0. The summed E-state index contributed by atoms with van der Waals surface area (Å²) in [5.74, 6) is 1.62. The van der Waals surface area contributed by atoms with E-state index in [1.54, 1.807) is 0 Å². The zero-order valence-electron chi connectivity index (χ0n) is 8.17. The van der Waals surface area contributed by atoms with Crippen LogP contribution in [0, 0.1) is 0 Å². The molecule has 1 atom stereocenters. The number of hydrogen-bond acceptors (Lipinski definition) is 5. The molecule has 2 rings (SSSR count). The Morgan fingerprint density at radius 1 is 1.60 bits per heavy atom. The molecule has 0 bridgehead atoms. The van der Waals surface area contributed by atoms with E-state index in [-0.39, 0.29) is 12.5 Å². The first-order valence-electron chi connectivity index (χ1n) is 4.78. The van der Waals surface area contributed by atoms with Gasteiger partial charge in [0.25, 0.3) is 0 Å². The maximum Gasteiger partial charge on any atom is 0.213 e. The van der Waals surface area contributed by atoms with E-state index < -0.39 is 0 Å². The van der Waals surface area contributed by atoms with Gasteiger partial charge in [0.05, 0.1) is 6.61 Å². The topological polar surface area (TPSA) is 68.4 Å². The fourth-order valence-corrected chi connectivity index (χ4v) is 1.40. The summed E-state index contributed by atoms with van der Waals surface area (Å²) in [6.07, 6.45) is 7.90. The van der Waals surface area contributed by atoms with Gasteiger partial charge in [0.15, 0.2) is 5.82 Å². The Morgan fingerprint density at radius 2 is 2.53 bits per heavy atom. The largest absolute Gasteiger partial charge is 0.492 e. The SMILES string of the molecule is OCCOC1=CC[C@@H](c2ncon2)C=C1. The zero-order valence-corrected chi connectivity index (χ0v) is 8.17. The second-order valence-electron chi connectivity index (χ2n) is 3.17. The van der Waals surface area contributed by atoms with Crippen LogP contribution in [0.5, 0.6) is 0 Å². The molecule has 0 aliphatic heterocycles. The van der Waals surface area contributed by atoms with Gasteiger partial charge >= 0.3 is 0 Å². The van der Waals surface area contributed by atoms with Crippen LogP contribution in [0.2, 0.25) is 0 Å². The summed E-state index contributed by atoms with van der Waals surface area (Å²) >= 11 is 0. The van der Waals surface area contributed by atoms with Crippen molar-refractivity contribution >= 4 is 0 Å². The molecule has 0 saturated heterocycles. The third kappa shape index (κ3) is 2.44. The normalized spacial score (nSPS) is 20.1. The molecule has 0 fully saturated rings. The lowest BCUT2D eigenvalue weighted by molar-refractivity contribution is 0.151. The molecule has 0 amide bonds. The van der Waals surface area contributed by atoms with E-state index in [9.17, 15) is 0 Å². The van der Waals surface area contributed by atoms with Crippen LogP contribution in [0.15, 0.2) is 34.9 Å². The minimum atomic E-state index is 0.0272. The number of hydrogen-bond donors (Lipinski definition) is 1. The molecular formula is C10H12N2O3. The second kappa shape index (κ2) is 4.75. The van der Waals surface area contributed by atoms with Crippen LogP contribution >= 0.6 is 0 Å². The Morgan fingerprint density at radius 3 is 3.13 bits per heavy atom. The smallest absolute Gasteiger partial charge is 0.213 e. The van der Waals surface area contributed by atoms with Crippen LogP contribution in [0.25, 0.3) is 0 Å². The monoisotopic (exact) mass is 208 g/mol. The minimum Gasteiger partial charge on any atom is -0.492 e. The highest BCUT2D eigenvalue weighted by molar-refractivity contribution is 5.23. The van der Waals surface area contributed by atoms with Crippen molar-refractivity contribution in [1.82, 2.24) is 10.1 Å². The summed E-state index contributed by atoms with van der Waals surface area (Å²) in [5.41, 5.74) is 0. The van der Waals surface area contributed by atoms with E-state index in [0.717, 1.165) is 12.2 Å². The predicted molar refractivity (Wildman–Crippen MR) is 51.9 cm³/mol. The summed E-state index contributed by atoms with van der Waals surface area (Å²) in [6, 6.07) is 0. The predicted octanol–water partition coefficient (Wildman–Crippen LogP) is 1.01. The first-order valence-corrected chi connectivity index (χ1v) is 4.78. The van der Waals surface area contributed by atoms with Crippen molar-refractivity contribution in [3.8, 4) is 0 Å². The number of rotatable bonds is 4. The van der Waals surface area contributed by atoms with E-state index in [2.05, 4.69) is 14.7 Å². The lowest BCUT2D eigenvalue weighted by Gasteiger charge is -2.13. The summed E-state index contributed by atoms with van der Waals surface area (Å²) in [5, 5.41) is 12.4. The van der Waals surface area contributed by atoms with Gasteiger partial charge in [0.1, 0.15) is 12.4 Å². The van der Waals surface area contributed by atoms with Crippen molar-refractivity contribution in [2.75, 3.05) is 13.2 Å². The van der Waals surface area contributed by atoms with E-state index >= 15 is 0 Å². The molecule has 80 valence electrons. The van der Waals surface area contributed by atoms with Crippen LogP contribution in [0.3, 0.4) is 0 Å². The van der Waals surface area contributed by atoms with Crippen molar-refractivity contribution in [2.45, 2.75) is 12.3 Å². The average molecular weight is 208 g/mol. The molecule has 1 heterocycles. The number of ether oxygens (including phenoxy) is 1. The number of nitrogens with zero attached hydrogens (tertiary/aromatic N) is 2. The third-order valence-corrected chi connectivity index (χ3v) is 2.14. The molecule has 0 aromatic carbocycles. The maximum absolute atomic E-state index is 8.59. The molecule has 1 aromatic heterocycles. The Balaban J connectivity index is 1.92. The van der Waals surface area contributed by atoms with Crippen LogP contribution in [-0.2, 0) is 4.74 Å². The highest BCUT2D eigenvalue weighted by Crippen LogP contribution is 2.24. The Labute approximate surface area is 87.1 Å². The van der Waals surface area contributed by atoms with Gasteiger partial charge in [-0.3, -0.25) is 0 Å². The van der Waals surface area contributed by atoms with Crippen molar-refractivity contribution in [1.29, 1.82) is 0 Å². The summed E-state index contributed by atoms with van der Waals surface area (Å²) in [6.45, 7) is 0.350. The van der Waals surface area contributed by atoms with Gasteiger partial charge in [-0.05, 0) is 18.6 Å². The standard InChI is InChI=1S/C10H12N2O3/c13-5-6-14-9-3-1-8(2-4-9)10-11-7-15-12-10/h1,3-4,7-8,13H,2,5-6H2/t8-/m0/s1. The van der Waals surface area contributed by atoms with Crippen molar-refractivity contribution < 1.29 is 14.4 Å².